The quantitative estimate of drug-likeness (QED) is 0.763. The SMILES string of the molecule is C=Cc1cccc(C)c1/C(=C\C)CC(N)C(=C)C. The molecule has 0 spiro atoms. The van der Waals surface area contributed by atoms with E-state index in [1.54, 1.807) is 0 Å². The van der Waals surface area contributed by atoms with Crippen LogP contribution in [-0.4, -0.2) is 6.04 Å². The third kappa shape index (κ3) is 3.21. The molecule has 0 heterocycles. The van der Waals surface area contributed by atoms with Crippen LogP contribution in [0.4, 0.5) is 0 Å². The minimum absolute atomic E-state index is 0.00784. The number of rotatable bonds is 5. The Labute approximate surface area is 111 Å². The fourth-order valence-electron chi connectivity index (χ4n) is 2.07. The Hall–Kier alpha value is -1.60. The predicted molar refractivity (Wildman–Crippen MR) is 82.3 cm³/mol. The molecule has 1 heteroatoms. The van der Waals surface area contributed by atoms with Crippen molar-refractivity contribution in [3.05, 3.63) is 59.7 Å². The number of aryl methyl sites for hydroxylation is 1. The van der Waals surface area contributed by atoms with Crippen molar-refractivity contribution >= 4 is 11.6 Å². The van der Waals surface area contributed by atoms with Crippen LogP contribution in [0.3, 0.4) is 0 Å². The first kappa shape index (κ1) is 14.5. The smallest absolute Gasteiger partial charge is 0.0289 e. The molecular weight excluding hydrogens is 218 g/mol. The van der Waals surface area contributed by atoms with Crippen molar-refractivity contribution < 1.29 is 0 Å². The summed E-state index contributed by atoms with van der Waals surface area (Å²) in [4.78, 5) is 0. The maximum Gasteiger partial charge on any atom is 0.0289 e. The molecule has 0 fully saturated rings. The molecule has 1 atom stereocenters. The summed E-state index contributed by atoms with van der Waals surface area (Å²) in [5, 5.41) is 0. The molecule has 0 aliphatic carbocycles. The van der Waals surface area contributed by atoms with Gasteiger partial charge in [-0.15, -0.1) is 0 Å². The summed E-state index contributed by atoms with van der Waals surface area (Å²) in [5.74, 6) is 0. The third-order valence-electron chi connectivity index (χ3n) is 3.27. The summed E-state index contributed by atoms with van der Waals surface area (Å²) >= 11 is 0. The Balaban J connectivity index is 3.18. The van der Waals surface area contributed by atoms with Gasteiger partial charge in [0, 0.05) is 6.04 Å². The molecule has 1 nitrogen and oxygen atoms in total. The Morgan fingerprint density at radius 2 is 2.11 bits per heavy atom. The maximum absolute atomic E-state index is 6.11. The normalized spacial score (nSPS) is 13.2. The molecule has 0 radical (unpaired) electrons. The van der Waals surface area contributed by atoms with Crippen molar-refractivity contribution in [2.75, 3.05) is 0 Å². The van der Waals surface area contributed by atoms with Crippen molar-refractivity contribution in [3.8, 4) is 0 Å². The molecule has 1 unspecified atom stereocenters. The largest absolute Gasteiger partial charge is 0.324 e. The third-order valence-corrected chi connectivity index (χ3v) is 3.27. The Morgan fingerprint density at radius 3 is 2.61 bits per heavy atom. The van der Waals surface area contributed by atoms with E-state index in [1.165, 1.54) is 16.7 Å². The average Bonchev–Trinajstić information content (AvgIpc) is 2.35. The van der Waals surface area contributed by atoms with Crippen molar-refractivity contribution in [3.63, 3.8) is 0 Å². The van der Waals surface area contributed by atoms with E-state index in [-0.39, 0.29) is 6.04 Å². The van der Waals surface area contributed by atoms with Gasteiger partial charge in [0.2, 0.25) is 0 Å². The van der Waals surface area contributed by atoms with Gasteiger partial charge in [0.05, 0.1) is 0 Å². The molecule has 0 saturated carbocycles. The molecule has 96 valence electrons. The van der Waals surface area contributed by atoms with Crippen LogP contribution in [-0.2, 0) is 0 Å². The number of allylic oxidation sites excluding steroid dienone is 1. The molecule has 0 aromatic heterocycles. The fourth-order valence-corrected chi connectivity index (χ4v) is 2.07. The van der Waals surface area contributed by atoms with Gasteiger partial charge < -0.3 is 5.73 Å². The second kappa shape index (κ2) is 6.36. The first-order chi connectivity index (χ1) is 8.51. The molecule has 2 N–H and O–H groups in total. The van der Waals surface area contributed by atoms with Gasteiger partial charge >= 0.3 is 0 Å². The summed E-state index contributed by atoms with van der Waals surface area (Å²) < 4.78 is 0. The van der Waals surface area contributed by atoms with Crippen LogP contribution in [0, 0.1) is 6.92 Å². The molecule has 0 amide bonds. The van der Waals surface area contributed by atoms with E-state index >= 15 is 0 Å². The molecule has 1 rings (SSSR count). The van der Waals surface area contributed by atoms with Gasteiger partial charge in [-0.3, -0.25) is 0 Å². The van der Waals surface area contributed by atoms with E-state index in [2.05, 4.69) is 51.3 Å². The van der Waals surface area contributed by atoms with Gasteiger partial charge in [-0.2, -0.15) is 0 Å². The highest BCUT2D eigenvalue weighted by atomic mass is 14.6. The summed E-state index contributed by atoms with van der Waals surface area (Å²) in [6.45, 7) is 14.0. The van der Waals surface area contributed by atoms with Gasteiger partial charge in [0.25, 0.3) is 0 Å². The van der Waals surface area contributed by atoms with Gasteiger partial charge in [-0.1, -0.05) is 49.1 Å². The zero-order valence-corrected chi connectivity index (χ0v) is 11.7. The summed E-state index contributed by atoms with van der Waals surface area (Å²) in [6.07, 6.45) is 4.85. The first-order valence-corrected chi connectivity index (χ1v) is 6.29. The Morgan fingerprint density at radius 1 is 1.44 bits per heavy atom. The minimum Gasteiger partial charge on any atom is -0.324 e. The van der Waals surface area contributed by atoms with Crippen molar-refractivity contribution in [2.45, 2.75) is 33.2 Å². The summed E-state index contributed by atoms with van der Waals surface area (Å²) in [6, 6.07) is 6.28. The van der Waals surface area contributed by atoms with E-state index in [1.807, 2.05) is 13.0 Å². The maximum atomic E-state index is 6.11. The highest BCUT2D eigenvalue weighted by molar-refractivity contribution is 5.76. The lowest BCUT2D eigenvalue weighted by Crippen LogP contribution is -2.21. The van der Waals surface area contributed by atoms with Gasteiger partial charge in [-0.25, -0.2) is 0 Å². The fraction of sp³-hybridized carbons (Fsp3) is 0.294. The molecule has 18 heavy (non-hydrogen) atoms. The Kier molecular flexibility index (Phi) is 5.11. The molecule has 1 aromatic rings. The van der Waals surface area contributed by atoms with Gasteiger partial charge in [0.15, 0.2) is 0 Å². The van der Waals surface area contributed by atoms with Gasteiger partial charge in [-0.05, 0) is 49.5 Å². The molecule has 0 aliphatic rings. The van der Waals surface area contributed by atoms with E-state index < -0.39 is 0 Å². The number of nitrogens with two attached hydrogens (primary N) is 1. The van der Waals surface area contributed by atoms with Crippen LogP contribution in [0.5, 0.6) is 0 Å². The second-order valence-corrected chi connectivity index (χ2v) is 4.71. The van der Waals surface area contributed by atoms with E-state index in [4.69, 9.17) is 5.73 Å². The van der Waals surface area contributed by atoms with E-state index in [0.717, 1.165) is 17.6 Å². The first-order valence-electron chi connectivity index (χ1n) is 6.29. The minimum atomic E-state index is 0.00784. The van der Waals surface area contributed by atoms with Crippen molar-refractivity contribution in [1.82, 2.24) is 0 Å². The molecular formula is C17H23N. The summed E-state index contributed by atoms with van der Waals surface area (Å²) in [7, 11) is 0. The number of hydrogen-bond acceptors (Lipinski definition) is 1. The van der Waals surface area contributed by atoms with Crippen LogP contribution >= 0.6 is 0 Å². The molecule has 0 saturated heterocycles. The van der Waals surface area contributed by atoms with Crippen LogP contribution in [0.2, 0.25) is 0 Å². The van der Waals surface area contributed by atoms with E-state index in [0.29, 0.717) is 0 Å². The van der Waals surface area contributed by atoms with E-state index in [9.17, 15) is 0 Å². The van der Waals surface area contributed by atoms with Crippen LogP contribution < -0.4 is 5.73 Å². The zero-order chi connectivity index (χ0) is 13.7. The van der Waals surface area contributed by atoms with Gasteiger partial charge in [0.1, 0.15) is 0 Å². The van der Waals surface area contributed by atoms with Crippen molar-refractivity contribution in [1.29, 1.82) is 0 Å². The summed E-state index contributed by atoms with van der Waals surface area (Å²) in [5.41, 5.74) is 12.1. The molecule has 0 aliphatic heterocycles. The zero-order valence-electron chi connectivity index (χ0n) is 11.7. The highest BCUT2D eigenvalue weighted by Gasteiger charge is 2.12. The Bertz CT molecular complexity index is 480. The topological polar surface area (TPSA) is 26.0 Å². The van der Waals surface area contributed by atoms with Crippen LogP contribution in [0.25, 0.3) is 11.6 Å². The number of benzene rings is 1. The van der Waals surface area contributed by atoms with Crippen molar-refractivity contribution in [2.24, 2.45) is 5.73 Å². The lowest BCUT2D eigenvalue weighted by Gasteiger charge is -2.18. The monoisotopic (exact) mass is 241 g/mol. The average molecular weight is 241 g/mol. The standard InChI is InChI=1S/C17H23N/c1-6-14-10-8-9-13(5)17(14)15(7-2)11-16(18)12(3)4/h6-10,16H,1,3,11,18H2,2,4-5H3/b15-7-. The second-order valence-electron chi connectivity index (χ2n) is 4.71. The lowest BCUT2D eigenvalue weighted by atomic mass is 9.89. The van der Waals surface area contributed by atoms with Crippen LogP contribution in [0.15, 0.2) is 43.0 Å². The number of hydrogen-bond donors (Lipinski definition) is 1. The highest BCUT2D eigenvalue weighted by Crippen LogP contribution is 2.28. The lowest BCUT2D eigenvalue weighted by molar-refractivity contribution is 0.796. The van der Waals surface area contributed by atoms with Crippen LogP contribution in [0.1, 0.15) is 37.0 Å². The predicted octanol–water partition coefficient (Wildman–Crippen LogP) is 4.33. The molecule has 1 aromatic carbocycles. The molecule has 0 bridgehead atoms.